The van der Waals surface area contributed by atoms with Gasteiger partial charge in [0, 0.05) is 18.8 Å². The number of rotatable bonds is 5. The second kappa shape index (κ2) is 5.29. The maximum atomic E-state index is 10.6. The van der Waals surface area contributed by atoms with Crippen molar-refractivity contribution in [1.82, 2.24) is 10.2 Å². The lowest BCUT2D eigenvalue weighted by molar-refractivity contribution is -0.137. The molecule has 0 spiro atoms. The number of anilines is 1. The van der Waals surface area contributed by atoms with Gasteiger partial charge in [-0.3, -0.25) is 4.79 Å². The van der Waals surface area contributed by atoms with Crippen LogP contribution in [0.2, 0.25) is 0 Å². The van der Waals surface area contributed by atoms with E-state index in [0.29, 0.717) is 12.4 Å². The highest BCUT2D eigenvalue weighted by Crippen LogP contribution is 2.13. The molecule has 0 radical (unpaired) electrons. The van der Waals surface area contributed by atoms with Crippen molar-refractivity contribution in [3.05, 3.63) is 18.3 Å². The Kier molecular flexibility index (Phi) is 4.03. The van der Waals surface area contributed by atoms with Crippen LogP contribution < -0.4 is 4.90 Å². The van der Waals surface area contributed by atoms with Crippen LogP contribution in [0.3, 0.4) is 0 Å². The van der Waals surface area contributed by atoms with Crippen molar-refractivity contribution < 1.29 is 9.90 Å². The van der Waals surface area contributed by atoms with Crippen LogP contribution in [0.25, 0.3) is 0 Å². The van der Waals surface area contributed by atoms with Crippen molar-refractivity contribution in [3.63, 3.8) is 0 Å². The summed E-state index contributed by atoms with van der Waals surface area (Å²) in [6.07, 6.45) is 1.70. The average Bonchev–Trinajstić information content (AvgIpc) is 2.19. The monoisotopic (exact) mass is 209 g/mol. The molecule has 0 fully saturated rings. The van der Waals surface area contributed by atoms with Crippen LogP contribution in [0.15, 0.2) is 18.3 Å². The normalized spacial score (nSPS) is 12.1. The molecule has 0 aliphatic rings. The Morgan fingerprint density at radius 1 is 1.67 bits per heavy atom. The summed E-state index contributed by atoms with van der Waals surface area (Å²) in [5.41, 5.74) is 0. The van der Waals surface area contributed by atoms with Gasteiger partial charge in [0.15, 0.2) is 5.82 Å². The third-order valence-electron chi connectivity index (χ3n) is 2.20. The summed E-state index contributed by atoms with van der Waals surface area (Å²) in [5.74, 6) is -0.0846. The topological polar surface area (TPSA) is 66.3 Å². The Hall–Kier alpha value is -1.65. The van der Waals surface area contributed by atoms with Gasteiger partial charge in [-0.25, -0.2) is 0 Å². The van der Waals surface area contributed by atoms with E-state index >= 15 is 0 Å². The molecule has 15 heavy (non-hydrogen) atoms. The van der Waals surface area contributed by atoms with Gasteiger partial charge in [-0.2, -0.15) is 5.10 Å². The maximum Gasteiger partial charge on any atom is 0.305 e. The molecule has 1 N–H and O–H groups in total. The largest absolute Gasteiger partial charge is 0.481 e. The van der Waals surface area contributed by atoms with E-state index in [1.807, 2.05) is 24.8 Å². The van der Waals surface area contributed by atoms with E-state index < -0.39 is 5.97 Å². The number of aromatic nitrogens is 2. The number of nitrogens with zero attached hydrogens (tertiary/aromatic N) is 3. The quantitative estimate of drug-likeness (QED) is 0.788. The summed E-state index contributed by atoms with van der Waals surface area (Å²) < 4.78 is 0. The van der Waals surface area contributed by atoms with Crippen LogP contribution in [0.5, 0.6) is 0 Å². The zero-order valence-corrected chi connectivity index (χ0v) is 8.92. The third kappa shape index (κ3) is 3.19. The summed E-state index contributed by atoms with van der Waals surface area (Å²) in [6.45, 7) is 4.55. The smallest absolute Gasteiger partial charge is 0.305 e. The molecule has 0 aliphatic heterocycles. The molecule has 1 rings (SSSR count). The molecule has 5 heteroatoms. The Bertz CT molecular complexity index is 316. The van der Waals surface area contributed by atoms with Crippen molar-refractivity contribution in [1.29, 1.82) is 0 Å². The molecule has 82 valence electrons. The summed E-state index contributed by atoms with van der Waals surface area (Å²) in [6, 6.07) is 3.54. The lowest BCUT2D eigenvalue weighted by Crippen LogP contribution is -2.35. The minimum absolute atomic E-state index is 0.0794. The fourth-order valence-electron chi connectivity index (χ4n) is 1.51. The summed E-state index contributed by atoms with van der Waals surface area (Å²) >= 11 is 0. The first-order valence-electron chi connectivity index (χ1n) is 4.91. The molecule has 1 aromatic heterocycles. The molecule has 5 nitrogen and oxygen atoms in total. The van der Waals surface area contributed by atoms with Crippen molar-refractivity contribution in [2.45, 2.75) is 26.3 Å². The van der Waals surface area contributed by atoms with Gasteiger partial charge in [0.1, 0.15) is 0 Å². The Labute approximate surface area is 88.7 Å². The van der Waals surface area contributed by atoms with Crippen LogP contribution >= 0.6 is 0 Å². The minimum atomic E-state index is -0.801. The lowest BCUT2D eigenvalue weighted by atomic mass is 10.2. The van der Waals surface area contributed by atoms with E-state index in [2.05, 4.69) is 10.2 Å². The molecule has 1 heterocycles. The highest BCUT2D eigenvalue weighted by atomic mass is 16.4. The van der Waals surface area contributed by atoms with Crippen molar-refractivity contribution >= 4 is 11.8 Å². The van der Waals surface area contributed by atoms with Gasteiger partial charge >= 0.3 is 5.97 Å². The fraction of sp³-hybridized carbons (Fsp3) is 0.500. The molecule has 0 saturated heterocycles. The number of carbonyl (C=O) groups is 1. The molecule has 0 amide bonds. The van der Waals surface area contributed by atoms with Crippen LogP contribution in [0, 0.1) is 0 Å². The zero-order valence-electron chi connectivity index (χ0n) is 8.92. The van der Waals surface area contributed by atoms with Crippen molar-refractivity contribution in [2.75, 3.05) is 11.4 Å². The van der Waals surface area contributed by atoms with E-state index in [1.54, 1.807) is 12.3 Å². The molecule has 0 aromatic carbocycles. The fourth-order valence-corrected chi connectivity index (χ4v) is 1.51. The number of hydrogen-bond donors (Lipinski definition) is 1. The van der Waals surface area contributed by atoms with Crippen molar-refractivity contribution in [3.8, 4) is 0 Å². The Morgan fingerprint density at radius 2 is 2.40 bits per heavy atom. The maximum absolute atomic E-state index is 10.6. The standard InChI is InChI=1S/C10H15N3O2/c1-3-13(8(2)7-10(14)15)9-5-4-6-11-12-9/h4-6,8H,3,7H2,1-2H3,(H,14,15). The van der Waals surface area contributed by atoms with E-state index in [0.717, 1.165) is 0 Å². The summed E-state index contributed by atoms with van der Waals surface area (Å²) in [7, 11) is 0. The second-order valence-corrected chi connectivity index (χ2v) is 3.31. The van der Waals surface area contributed by atoms with Crippen LogP contribution in [-0.4, -0.2) is 33.9 Å². The van der Waals surface area contributed by atoms with Crippen LogP contribution in [0.4, 0.5) is 5.82 Å². The number of carboxylic acids is 1. The number of aliphatic carboxylic acids is 1. The first kappa shape index (κ1) is 11.4. The molecule has 1 atom stereocenters. The van der Waals surface area contributed by atoms with E-state index in [9.17, 15) is 4.79 Å². The molecule has 0 saturated carbocycles. The summed E-state index contributed by atoms with van der Waals surface area (Å²) in [5, 5.41) is 16.4. The van der Waals surface area contributed by atoms with Gasteiger partial charge < -0.3 is 10.0 Å². The molecular weight excluding hydrogens is 194 g/mol. The highest BCUT2D eigenvalue weighted by Gasteiger charge is 2.16. The van der Waals surface area contributed by atoms with Gasteiger partial charge in [0.05, 0.1) is 6.42 Å². The minimum Gasteiger partial charge on any atom is -0.481 e. The van der Waals surface area contributed by atoms with Crippen LogP contribution in [0.1, 0.15) is 20.3 Å². The third-order valence-corrected chi connectivity index (χ3v) is 2.20. The molecule has 1 aromatic rings. The molecule has 0 bridgehead atoms. The highest BCUT2D eigenvalue weighted by molar-refractivity contribution is 5.68. The predicted molar refractivity (Wildman–Crippen MR) is 56.8 cm³/mol. The predicted octanol–water partition coefficient (Wildman–Crippen LogP) is 1.17. The van der Waals surface area contributed by atoms with E-state index in [-0.39, 0.29) is 12.5 Å². The van der Waals surface area contributed by atoms with Gasteiger partial charge in [0.25, 0.3) is 0 Å². The average molecular weight is 209 g/mol. The summed E-state index contributed by atoms with van der Waals surface area (Å²) in [4.78, 5) is 12.5. The molecule has 1 unspecified atom stereocenters. The SMILES string of the molecule is CCN(c1cccnn1)C(C)CC(=O)O. The Balaban J connectivity index is 2.75. The molecular formula is C10H15N3O2. The van der Waals surface area contributed by atoms with Crippen molar-refractivity contribution in [2.24, 2.45) is 0 Å². The van der Waals surface area contributed by atoms with Crippen LogP contribution in [-0.2, 0) is 4.79 Å². The zero-order chi connectivity index (χ0) is 11.3. The van der Waals surface area contributed by atoms with Gasteiger partial charge in [-0.1, -0.05) is 0 Å². The van der Waals surface area contributed by atoms with E-state index in [4.69, 9.17) is 5.11 Å². The van der Waals surface area contributed by atoms with E-state index in [1.165, 1.54) is 0 Å². The number of hydrogen-bond acceptors (Lipinski definition) is 4. The van der Waals surface area contributed by atoms with Gasteiger partial charge in [-0.05, 0) is 26.0 Å². The first-order valence-corrected chi connectivity index (χ1v) is 4.91. The second-order valence-electron chi connectivity index (χ2n) is 3.31. The molecule has 0 aliphatic carbocycles. The van der Waals surface area contributed by atoms with Gasteiger partial charge in [-0.15, -0.1) is 5.10 Å². The Morgan fingerprint density at radius 3 is 2.87 bits per heavy atom. The number of carboxylic acid groups (broad SMARTS) is 1. The van der Waals surface area contributed by atoms with Gasteiger partial charge in [0.2, 0.25) is 0 Å². The lowest BCUT2D eigenvalue weighted by Gasteiger charge is -2.27. The first-order chi connectivity index (χ1) is 7.15.